The lowest BCUT2D eigenvalue weighted by molar-refractivity contribution is 0.275. The van der Waals surface area contributed by atoms with Crippen molar-refractivity contribution in [2.75, 3.05) is 0 Å². The van der Waals surface area contributed by atoms with Crippen LogP contribution >= 0.6 is 0 Å². The molecule has 0 amide bonds. The SMILES string of the molecule is NCc1cccc(Oc2ccc3c(c2)B(O)OC3)c1. The minimum absolute atomic E-state index is 0.444. The molecule has 1 aliphatic heterocycles. The minimum Gasteiger partial charge on any atom is -0.457 e. The van der Waals surface area contributed by atoms with Crippen molar-refractivity contribution in [2.45, 2.75) is 13.2 Å². The van der Waals surface area contributed by atoms with Crippen molar-refractivity contribution < 1.29 is 14.4 Å². The van der Waals surface area contributed by atoms with Gasteiger partial charge in [0.2, 0.25) is 0 Å². The Hall–Kier alpha value is -1.82. The van der Waals surface area contributed by atoms with Crippen LogP contribution in [-0.4, -0.2) is 12.1 Å². The van der Waals surface area contributed by atoms with Crippen LogP contribution in [0.15, 0.2) is 42.5 Å². The van der Waals surface area contributed by atoms with Crippen molar-refractivity contribution in [1.29, 1.82) is 0 Å². The molecule has 0 saturated heterocycles. The molecule has 2 aromatic rings. The predicted octanol–water partition coefficient (Wildman–Crippen LogP) is 1.16. The molecule has 4 nitrogen and oxygen atoms in total. The van der Waals surface area contributed by atoms with E-state index in [2.05, 4.69) is 0 Å². The van der Waals surface area contributed by atoms with Gasteiger partial charge >= 0.3 is 7.12 Å². The predicted molar refractivity (Wildman–Crippen MR) is 73.2 cm³/mol. The molecule has 96 valence electrons. The summed E-state index contributed by atoms with van der Waals surface area (Å²) in [6.07, 6.45) is 0. The fourth-order valence-electron chi connectivity index (χ4n) is 2.13. The number of fused-ring (bicyclic) bond motifs is 1. The lowest BCUT2D eigenvalue weighted by Gasteiger charge is -2.08. The minimum atomic E-state index is -0.853. The molecule has 1 heterocycles. The van der Waals surface area contributed by atoms with Gasteiger partial charge in [0.05, 0.1) is 6.61 Å². The zero-order valence-electron chi connectivity index (χ0n) is 10.4. The van der Waals surface area contributed by atoms with Gasteiger partial charge in [0.1, 0.15) is 11.5 Å². The molecule has 1 aliphatic rings. The van der Waals surface area contributed by atoms with Gasteiger partial charge in [0, 0.05) is 6.54 Å². The molecule has 0 fully saturated rings. The second-order valence-corrected chi connectivity index (χ2v) is 4.48. The van der Waals surface area contributed by atoms with Crippen LogP contribution in [-0.2, 0) is 17.8 Å². The average molecular weight is 255 g/mol. The van der Waals surface area contributed by atoms with E-state index in [4.69, 9.17) is 15.1 Å². The largest absolute Gasteiger partial charge is 0.491 e. The third kappa shape index (κ3) is 2.49. The summed E-state index contributed by atoms with van der Waals surface area (Å²) >= 11 is 0. The van der Waals surface area contributed by atoms with Crippen LogP contribution in [0.2, 0.25) is 0 Å². The number of nitrogens with two attached hydrogens (primary N) is 1. The van der Waals surface area contributed by atoms with Crippen LogP contribution in [0.3, 0.4) is 0 Å². The Morgan fingerprint density at radius 3 is 2.89 bits per heavy atom. The van der Waals surface area contributed by atoms with Crippen molar-refractivity contribution in [3.05, 3.63) is 53.6 Å². The lowest BCUT2D eigenvalue weighted by Crippen LogP contribution is -2.27. The van der Waals surface area contributed by atoms with Gasteiger partial charge in [-0.2, -0.15) is 0 Å². The van der Waals surface area contributed by atoms with E-state index in [0.29, 0.717) is 18.9 Å². The molecule has 0 atom stereocenters. The van der Waals surface area contributed by atoms with E-state index >= 15 is 0 Å². The Morgan fingerprint density at radius 1 is 1.21 bits per heavy atom. The summed E-state index contributed by atoms with van der Waals surface area (Å²) in [5.41, 5.74) is 8.38. The number of benzene rings is 2. The van der Waals surface area contributed by atoms with Crippen LogP contribution < -0.4 is 15.9 Å². The highest BCUT2D eigenvalue weighted by Gasteiger charge is 2.27. The molecule has 0 aromatic heterocycles. The molecule has 0 bridgehead atoms. The fraction of sp³-hybridized carbons (Fsp3) is 0.143. The molecule has 0 spiro atoms. The maximum atomic E-state index is 9.66. The lowest BCUT2D eigenvalue weighted by atomic mass is 9.79. The summed E-state index contributed by atoms with van der Waals surface area (Å²) in [6.45, 7) is 0.924. The Morgan fingerprint density at radius 2 is 2.05 bits per heavy atom. The summed E-state index contributed by atoms with van der Waals surface area (Å²) in [5, 5.41) is 9.66. The maximum Gasteiger partial charge on any atom is 0.491 e. The van der Waals surface area contributed by atoms with Crippen molar-refractivity contribution in [3.63, 3.8) is 0 Å². The molecule has 5 heteroatoms. The molecule has 0 aliphatic carbocycles. The summed E-state index contributed by atoms with van der Waals surface area (Å²) in [6, 6.07) is 13.2. The molecule has 0 radical (unpaired) electrons. The van der Waals surface area contributed by atoms with Crippen LogP contribution in [0.4, 0.5) is 0 Å². The zero-order valence-corrected chi connectivity index (χ0v) is 10.4. The van der Waals surface area contributed by atoms with Crippen molar-refractivity contribution in [2.24, 2.45) is 5.73 Å². The Bertz CT molecular complexity index is 603. The van der Waals surface area contributed by atoms with Gasteiger partial charge in [-0.15, -0.1) is 0 Å². The Kier molecular flexibility index (Phi) is 3.25. The topological polar surface area (TPSA) is 64.7 Å². The molecule has 2 aromatic carbocycles. The molecule has 3 N–H and O–H groups in total. The smallest absolute Gasteiger partial charge is 0.457 e. The first-order chi connectivity index (χ1) is 9.26. The molecule has 19 heavy (non-hydrogen) atoms. The zero-order chi connectivity index (χ0) is 13.2. The van der Waals surface area contributed by atoms with Crippen LogP contribution in [0.25, 0.3) is 0 Å². The summed E-state index contributed by atoms with van der Waals surface area (Å²) in [5.74, 6) is 1.41. The van der Waals surface area contributed by atoms with E-state index in [0.717, 1.165) is 22.3 Å². The standard InChI is InChI=1S/C14H14BNO3/c16-8-10-2-1-3-12(6-10)19-13-5-4-11-9-18-15(17)14(11)7-13/h1-7,17H,8-9,16H2. The Balaban J connectivity index is 1.85. The van der Waals surface area contributed by atoms with E-state index < -0.39 is 7.12 Å². The third-order valence-corrected chi connectivity index (χ3v) is 3.15. The van der Waals surface area contributed by atoms with Crippen molar-refractivity contribution in [3.8, 4) is 11.5 Å². The van der Waals surface area contributed by atoms with E-state index in [1.54, 1.807) is 0 Å². The van der Waals surface area contributed by atoms with Gasteiger partial charge in [0.25, 0.3) is 0 Å². The summed E-state index contributed by atoms with van der Waals surface area (Å²) < 4.78 is 10.9. The highest BCUT2D eigenvalue weighted by Crippen LogP contribution is 2.23. The first-order valence-electron chi connectivity index (χ1n) is 6.15. The van der Waals surface area contributed by atoms with Crippen molar-refractivity contribution in [1.82, 2.24) is 0 Å². The fourth-order valence-corrected chi connectivity index (χ4v) is 2.13. The summed E-state index contributed by atoms with van der Waals surface area (Å²) in [7, 11) is -0.853. The first-order valence-corrected chi connectivity index (χ1v) is 6.15. The number of hydrogen-bond acceptors (Lipinski definition) is 4. The van der Waals surface area contributed by atoms with Crippen molar-refractivity contribution >= 4 is 12.6 Å². The molecule has 0 unspecified atom stereocenters. The number of ether oxygens (including phenoxy) is 1. The van der Waals surface area contributed by atoms with Crippen LogP contribution in [0.1, 0.15) is 11.1 Å². The van der Waals surface area contributed by atoms with E-state index in [-0.39, 0.29) is 0 Å². The molecule has 3 rings (SSSR count). The van der Waals surface area contributed by atoms with Gasteiger partial charge in [-0.1, -0.05) is 18.2 Å². The monoisotopic (exact) mass is 255 g/mol. The normalized spacial score (nSPS) is 13.5. The van der Waals surface area contributed by atoms with E-state index in [9.17, 15) is 5.02 Å². The molecular formula is C14H14BNO3. The van der Waals surface area contributed by atoms with Crippen LogP contribution in [0, 0.1) is 0 Å². The van der Waals surface area contributed by atoms with Gasteiger partial charge in [0.15, 0.2) is 0 Å². The van der Waals surface area contributed by atoms with Gasteiger partial charge in [-0.25, -0.2) is 0 Å². The average Bonchev–Trinajstić information content (AvgIpc) is 2.80. The number of hydrogen-bond donors (Lipinski definition) is 2. The quantitative estimate of drug-likeness (QED) is 0.807. The third-order valence-electron chi connectivity index (χ3n) is 3.15. The van der Waals surface area contributed by atoms with Gasteiger partial charge in [-0.05, 0) is 40.9 Å². The molecular weight excluding hydrogens is 241 g/mol. The van der Waals surface area contributed by atoms with Gasteiger partial charge < -0.3 is 20.1 Å². The Labute approximate surface area is 111 Å². The highest BCUT2D eigenvalue weighted by molar-refractivity contribution is 6.61. The highest BCUT2D eigenvalue weighted by atomic mass is 16.5. The second kappa shape index (κ2) is 5.05. The van der Waals surface area contributed by atoms with E-state index in [1.807, 2.05) is 42.5 Å². The first kappa shape index (κ1) is 12.2. The van der Waals surface area contributed by atoms with E-state index in [1.165, 1.54) is 0 Å². The maximum absolute atomic E-state index is 9.66. The summed E-state index contributed by atoms with van der Waals surface area (Å²) in [4.78, 5) is 0. The van der Waals surface area contributed by atoms with Crippen LogP contribution in [0.5, 0.6) is 11.5 Å². The second-order valence-electron chi connectivity index (χ2n) is 4.48. The number of rotatable bonds is 3. The molecule has 0 saturated carbocycles. The van der Waals surface area contributed by atoms with Gasteiger partial charge in [-0.3, -0.25) is 0 Å².